The Morgan fingerprint density at radius 3 is 2.41 bits per heavy atom. The number of rotatable bonds is 4. The van der Waals surface area contributed by atoms with Crippen molar-refractivity contribution in [2.45, 2.75) is 6.61 Å². The summed E-state index contributed by atoms with van der Waals surface area (Å²) in [6.45, 7) is -2.92. The van der Waals surface area contributed by atoms with Gasteiger partial charge >= 0.3 is 6.61 Å². The molecule has 0 aliphatic heterocycles. The number of hydrogen-bond donors (Lipinski definition) is 2. The molecule has 0 spiro atoms. The Morgan fingerprint density at radius 1 is 1.05 bits per heavy atom. The quantitative estimate of drug-likeness (QED) is 0.713. The lowest BCUT2D eigenvalue weighted by molar-refractivity contribution is -0.0493. The van der Waals surface area contributed by atoms with Gasteiger partial charge in [0.05, 0.1) is 16.4 Å². The molecule has 0 fully saturated rings. The first-order chi connectivity index (χ1) is 10.5. The van der Waals surface area contributed by atoms with Crippen LogP contribution in [0.15, 0.2) is 42.5 Å². The minimum absolute atomic E-state index is 0.0103. The highest BCUT2D eigenvalue weighted by molar-refractivity contribution is 7.80. The molecule has 2 aromatic carbocycles. The lowest BCUT2D eigenvalue weighted by atomic mass is 10.3. The minimum atomic E-state index is -2.92. The number of halogens is 4. The zero-order chi connectivity index (χ0) is 16.1. The molecule has 0 heterocycles. The van der Waals surface area contributed by atoms with Gasteiger partial charge in [0.2, 0.25) is 0 Å². The summed E-state index contributed by atoms with van der Waals surface area (Å²) in [7, 11) is 0. The summed E-state index contributed by atoms with van der Waals surface area (Å²) in [5.74, 6) is -0.0103. The highest BCUT2D eigenvalue weighted by atomic mass is 35.5. The van der Waals surface area contributed by atoms with Crippen LogP contribution in [0, 0.1) is 0 Å². The molecule has 0 bridgehead atoms. The number of anilines is 2. The molecule has 0 aromatic heterocycles. The van der Waals surface area contributed by atoms with Gasteiger partial charge in [0.15, 0.2) is 5.11 Å². The van der Waals surface area contributed by atoms with Crippen LogP contribution in [0.3, 0.4) is 0 Å². The first kappa shape index (κ1) is 16.7. The van der Waals surface area contributed by atoms with Crippen LogP contribution in [-0.4, -0.2) is 11.7 Å². The number of ether oxygens (including phenoxy) is 1. The van der Waals surface area contributed by atoms with Crippen LogP contribution >= 0.6 is 35.4 Å². The lowest BCUT2D eigenvalue weighted by Gasteiger charge is -2.15. The zero-order valence-corrected chi connectivity index (χ0v) is 13.3. The van der Waals surface area contributed by atoms with Crippen LogP contribution in [0.25, 0.3) is 0 Å². The molecule has 0 amide bonds. The summed E-state index contributed by atoms with van der Waals surface area (Å²) in [4.78, 5) is 0. The third kappa shape index (κ3) is 4.69. The van der Waals surface area contributed by atoms with Gasteiger partial charge in [-0.05, 0) is 42.5 Å². The third-order valence-electron chi connectivity index (χ3n) is 2.53. The Hall–Kier alpha value is -1.63. The Balaban J connectivity index is 2.09. The Morgan fingerprint density at radius 2 is 1.73 bits per heavy atom. The Labute approximate surface area is 141 Å². The van der Waals surface area contributed by atoms with E-state index < -0.39 is 6.61 Å². The van der Waals surface area contributed by atoms with Gasteiger partial charge in [-0.1, -0.05) is 35.3 Å². The van der Waals surface area contributed by atoms with Crippen LogP contribution < -0.4 is 15.4 Å². The summed E-state index contributed by atoms with van der Waals surface area (Å²) >= 11 is 16.9. The molecule has 0 radical (unpaired) electrons. The number of nitrogens with one attached hydrogen (secondary N) is 2. The second kappa shape index (κ2) is 7.58. The van der Waals surface area contributed by atoms with E-state index in [-0.39, 0.29) is 10.9 Å². The molecule has 2 N–H and O–H groups in total. The molecule has 0 aliphatic rings. The third-order valence-corrected chi connectivity index (χ3v) is 3.28. The predicted molar refractivity (Wildman–Crippen MR) is 89.4 cm³/mol. The van der Waals surface area contributed by atoms with E-state index in [4.69, 9.17) is 35.4 Å². The normalized spacial score (nSPS) is 10.4. The molecular formula is C14H10Cl2F2N2OS. The van der Waals surface area contributed by atoms with E-state index in [2.05, 4.69) is 15.4 Å². The second-order valence-corrected chi connectivity index (χ2v) is 5.33. The second-order valence-electron chi connectivity index (χ2n) is 4.08. The highest BCUT2D eigenvalue weighted by Crippen LogP contribution is 2.27. The van der Waals surface area contributed by atoms with E-state index >= 15 is 0 Å². The van der Waals surface area contributed by atoms with Crippen LogP contribution in [-0.2, 0) is 0 Å². The summed E-state index contributed by atoms with van der Waals surface area (Å²) in [6, 6.07) is 11.1. The molecule has 0 saturated carbocycles. The average molecular weight is 363 g/mol. The molecule has 0 atom stereocenters. The molecule has 22 heavy (non-hydrogen) atoms. The fourth-order valence-corrected chi connectivity index (χ4v) is 2.31. The van der Waals surface area contributed by atoms with Gasteiger partial charge in [-0.2, -0.15) is 8.78 Å². The summed E-state index contributed by atoms with van der Waals surface area (Å²) < 4.78 is 29.1. The van der Waals surface area contributed by atoms with E-state index in [1.54, 1.807) is 36.4 Å². The van der Waals surface area contributed by atoms with Crippen molar-refractivity contribution in [2.24, 2.45) is 0 Å². The van der Waals surface area contributed by atoms with E-state index in [0.717, 1.165) is 0 Å². The smallest absolute Gasteiger partial charge is 0.387 e. The van der Waals surface area contributed by atoms with Gasteiger partial charge in [-0.3, -0.25) is 0 Å². The first-order valence-corrected chi connectivity index (χ1v) is 7.19. The fourth-order valence-electron chi connectivity index (χ4n) is 1.64. The largest absolute Gasteiger partial charge is 0.433 e. The SMILES string of the molecule is FC(F)Oc1ccccc1NC(=S)Nc1ccc(Cl)cc1Cl. The zero-order valence-electron chi connectivity index (χ0n) is 10.9. The summed E-state index contributed by atoms with van der Waals surface area (Å²) in [6.07, 6.45) is 0. The van der Waals surface area contributed by atoms with E-state index in [1.807, 2.05) is 0 Å². The maximum absolute atomic E-state index is 12.3. The minimum Gasteiger partial charge on any atom is -0.433 e. The van der Waals surface area contributed by atoms with E-state index in [0.29, 0.717) is 21.4 Å². The maximum atomic E-state index is 12.3. The van der Waals surface area contributed by atoms with Crippen molar-refractivity contribution in [1.29, 1.82) is 0 Å². The van der Waals surface area contributed by atoms with Gasteiger partial charge in [0.1, 0.15) is 5.75 Å². The van der Waals surface area contributed by atoms with Gasteiger partial charge in [0, 0.05) is 5.02 Å². The van der Waals surface area contributed by atoms with Crippen molar-refractivity contribution in [1.82, 2.24) is 0 Å². The van der Waals surface area contributed by atoms with Crippen molar-refractivity contribution >= 4 is 51.9 Å². The van der Waals surface area contributed by atoms with Gasteiger partial charge < -0.3 is 15.4 Å². The molecule has 2 aromatic rings. The van der Waals surface area contributed by atoms with Crippen molar-refractivity contribution in [3.8, 4) is 5.75 Å². The maximum Gasteiger partial charge on any atom is 0.387 e. The fraction of sp³-hybridized carbons (Fsp3) is 0.0714. The molecular weight excluding hydrogens is 353 g/mol. The van der Waals surface area contributed by atoms with Crippen LogP contribution in [0.4, 0.5) is 20.2 Å². The van der Waals surface area contributed by atoms with Crippen LogP contribution in [0.2, 0.25) is 10.0 Å². The lowest BCUT2D eigenvalue weighted by Crippen LogP contribution is -2.20. The van der Waals surface area contributed by atoms with Gasteiger partial charge in [0.25, 0.3) is 0 Å². The Bertz CT molecular complexity index is 686. The van der Waals surface area contributed by atoms with Gasteiger partial charge in [-0.15, -0.1) is 0 Å². The predicted octanol–water partition coefficient (Wildman–Crippen LogP) is 5.40. The van der Waals surface area contributed by atoms with Crippen molar-refractivity contribution in [3.05, 3.63) is 52.5 Å². The first-order valence-electron chi connectivity index (χ1n) is 6.02. The van der Waals surface area contributed by atoms with Gasteiger partial charge in [-0.25, -0.2) is 0 Å². The number of alkyl halides is 2. The van der Waals surface area contributed by atoms with Crippen molar-refractivity contribution in [3.63, 3.8) is 0 Å². The number of thiocarbonyl (C=S) groups is 1. The molecule has 2 rings (SSSR count). The molecule has 116 valence electrons. The van der Waals surface area contributed by atoms with E-state index in [9.17, 15) is 8.78 Å². The number of benzene rings is 2. The number of hydrogen-bond acceptors (Lipinski definition) is 2. The molecule has 3 nitrogen and oxygen atoms in total. The Kier molecular flexibility index (Phi) is 5.76. The molecule has 0 saturated heterocycles. The molecule has 0 unspecified atom stereocenters. The summed E-state index contributed by atoms with van der Waals surface area (Å²) in [5, 5.41) is 6.68. The average Bonchev–Trinajstić information content (AvgIpc) is 2.43. The van der Waals surface area contributed by atoms with Crippen molar-refractivity contribution < 1.29 is 13.5 Å². The molecule has 0 aliphatic carbocycles. The summed E-state index contributed by atoms with van der Waals surface area (Å²) in [5.41, 5.74) is 0.848. The highest BCUT2D eigenvalue weighted by Gasteiger charge is 2.10. The topological polar surface area (TPSA) is 33.3 Å². The van der Waals surface area contributed by atoms with Crippen molar-refractivity contribution in [2.75, 3.05) is 10.6 Å². The van der Waals surface area contributed by atoms with Crippen LogP contribution in [0.1, 0.15) is 0 Å². The van der Waals surface area contributed by atoms with E-state index in [1.165, 1.54) is 6.07 Å². The number of para-hydroxylation sites is 2. The standard InChI is InChI=1S/C14H10Cl2F2N2OS/c15-8-5-6-10(9(16)7-8)19-14(22)20-11-3-1-2-4-12(11)21-13(17)18/h1-7,13H,(H2,19,20,22). The molecule has 8 heteroatoms. The van der Waals surface area contributed by atoms with Crippen LogP contribution in [0.5, 0.6) is 5.75 Å². The monoisotopic (exact) mass is 362 g/mol.